The number of fused-ring (bicyclic) bond motifs is 10. The molecule has 8 aromatic carbocycles. The van der Waals surface area contributed by atoms with Gasteiger partial charge in [-0.3, -0.25) is 0 Å². The molecule has 2 heteroatoms. The van der Waals surface area contributed by atoms with E-state index in [2.05, 4.69) is 193 Å². The summed E-state index contributed by atoms with van der Waals surface area (Å²) < 4.78 is 6.79. The third-order valence-electron chi connectivity index (χ3n) is 10.3. The van der Waals surface area contributed by atoms with E-state index in [1.165, 1.54) is 49.7 Å². The largest absolute Gasteiger partial charge is 0.457 e. The Labute approximate surface area is 286 Å². The van der Waals surface area contributed by atoms with Gasteiger partial charge in [0.1, 0.15) is 11.5 Å². The molecule has 0 N–H and O–H groups in total. The van der Waals surface area contributed by atoms with Crippen LogP contribution in [0.2, 0.25) is 0 Å². The van der Waals surface area contributed by atoms with Crippen molar-refractivity contribution < 1.29 is 4.74 Å². The Bertz CT molecular complexity index is 2540. The first-order chi connectivity index (χ1) is 24.3. The Morgan fingerprint density at radius 2 is 0.959 bits per heavy atom. The molecule has 2 aliphatic rings. The molecule has 0 amide bonds. The summed E-state index contributed by atoms with van der Waals surface area (Å²) in [6.45, 7) is 0. The quantitative estimate of drug-likeness (QED) is 0.193. The van der Waals surface area contributed by atoms with Crippen LogP contribution in [-0.2, 0) is 5.41 Å². The van der Waals surface area contributed by atoms with E-state index in [1.807, 2.05) is 0 Å². The molecule has 1 aliphatic carbocycles. The summed E-state index contributed by atoms with van der Waals surface area (Å²) in [6.07, 6.45) is 0. The Kier molecular flexibility index (Phi) is 6.13. The summed E-state index contributed by atoms with van der Waals surface area (Å²) >= 11 is 0. The summed E-state index contributed by atoms with van der Waals surface area (Å²) in [5.74, 6) is 1.78. The fraction of sp³-hybridized carbons (Fsp3) is 0.0213. The third kappa shape index (κ3) is 4.14. The molecule has 0 radical (unpaired) electrons. The van der Waals surface area contributed by atoms with Gasteiger partial charge in [0.15, 0.2) is 0 Å². The van der Waals surface area contributed by atoms with Crippen molar-refractivity contribution in [2.75, 3.05) is 4.90 Å². The van der Waals surface area contributed by atoms with Gasteiger partial charge in [-0.05, 0) is 105 Å². The highest BCUT2D eigenvalue weighted by Crippen LogP contribution is 2.63. The van der Waals surface area contributed by atoms with E-state index in [0.717, 1.165) is 34.1 Å². The predicted octanol–water partition coefficient (Wildman–Crippen LogP) is 12.4. The summed E-state index contributed by atoms with van der Waals surface area (Å²) in [6, 6.07) is 67.8. The van der Waals surface area contributed by atoms with Crippen molar-refractivity contribution in [3.8, 4) is 33.8 Å². The van der Waals surface area contributed by atoms with Crippen LogP contribution >= 0.6 is 0 Å². The lowest BCUT2D eigenvalue weighted by atomic mass is 9.66. The molecule has 230 valence electrons. The van der Waals surface area contributed by atoms with Crippen molar-refractivity contribution in [2.24, 2.45) is 0 Å². The number of para-hydroxylation sites is 2. The molecule has 49 heavy (non-hydrogen) atoms. The minimum absolute atomic E-state index is 0.565. The molecule has 1 aliphatic heterocycles. The number of rotatable bonds is 4. The molecule has 0 bridgehead atoms. The topological polar surface area (TPSA) is 12.5 Å². The highest BCUT2D eigenvalue weighted by molar-refractivity contribution is 5.97. The normalized spacial score (nSPS) is 15.2. The highest BCUT2D eigenvalue weighted by Gasteiger charge is 2.51. The summed E-state index contributed by atoms with van der Waals surface area (Å²) in [5, 5.41) is 2.48. The first-order valence-electron chi connectivity index (χ1n) is 16.8. The molecule has 1 heterocycles. The maximum absolute atomic E-state index is 6.79. The van der Waals surface area contributed by atoms with Gasteiger partial charge in [-0.1, -0.05) is 127 Å². The fourth-order valence-electron chi connectivity index (χ4n) is 8.19. The van der Waals surface area contributed by atoms with Crippen molar-refractivity contribution >= 4 is 27.8 Å². The Hall–Kier alpha value is -6.38. The van der Waals surface area contributed by atoms with Gasteiger partial charge >= 0.3 is 0 Å². The molecule has 2 nitrogen and oxygen atoms in total. The predicted molar refractivity (Wildman–Crippen MR) is 201 cm³/mol. The lowest BCUT2D eigenvalue weighted by Crippen LogP contribution is -2.32. The lowest BCUT2D eigenvalue weighted by Gasteiger charge is -2.40. The van der Waals surface area contributed by atoms with E-state index >= 15 is 0 Å². The van der Waals surface area contributed by atoms with Gasteiger partial charge in [0.2, 0.25) is 0 Å². The number of nitrogens with zero attached hydrogens (tertiary/aromatic N) is 1. The van der Waals surface area contributed by atoms with Crippen LogP contribution in [0, 0.1) is 0 Å². The molecule has 0 saturated carbocycles. The second-order valence-corrected chi connectivity index (χ2v) is 12.9. The average molecular weight is 626 g/mol. The van der Waals surface area contributed by atoms with Crippen LogP contribution in [0.25, 0.3) is 33.0 Å². The van der Waals surface area contributed by atoms with Crippen molar-refractivity contribution in [3.63, 3.8) is 0 Å². The van der Waals surface area contributed by atoms with Gasteiger partial charge in [0, 0.05) is 28.2 Å². The summed E-state index contributed by atoms with van der Waals surface area (Å²) in [7, 11) is 0. The second-order valence-electron chi connectivity index (χ2n) is 12.9. The van der Waals surface area contributed by atoms with Crippen molar-refractivity contribution in [1.82, 2.24) is 0 Å². The molecular weight excluding hydrogens is 595 g/mol. The fourth-order valence-corrected chi connectivity index (χ4v) is 8.19. The molecule has 1 atom stereocenters. The Morgan fingerprint density at radius 1 is 0.347 bits per heavy atom. The second kappa shape index (κ2) is 10.8. The van der Waals surface area contributed by atoms with Gasteiger partial charge in [0.25, 0.3) is 0 Å². The van der Waals surface area contributed by atoms with E-state index in [1.54, 1.807) is 0 Å². The van der Waals surface area contributed by atoms with Crippen LogP contribution < -0.4 is 9.64 Å². The molecule has 0 fully saturated rings. The van der Waals surface area contributed by atoms with E-state index in [9.17, 15) is 0 Å². The standard InChI is InChI=1S/C47H31NO/c1-3-14-32(15-4-1)33-18-13-21-37(28-33)48(36-19-5-2-6-20-36)38-26-27-46-44(31-38)47(42-24-11-12-25-45(42)49-46)41-23-10-9-22-39(41)40-29-34-16-7-8-17-35(34)30-43(40)47/h1-31H. The summed E-state index contributed by atoms with van der Waals surface area (Å²) in [5.41, 5.74) is 12.5. The minimum atomic E-state index is -0.565. The van der Waals surface area contributed by atoms with E-state index in [0.29, 0.717) is 0 Å². The van der Waals surface area contributed by atoms with Crippen LogP contribution in [-0.4, -0.2) is 0 Å². The number of anilines is 3. The maximum atomic E-state index is 6.79. The van der Waals surface area contributed by atoms with Crippen LogP contribution in [0.5, 0.6) is 11.5 Å². The SMILES string of the molecule is c1ccc(-c2cccc(N(c3ccccc3)c3ccc4c(c3)C3(c5ccccc5O4)c4ccccc4-c4cc5ccccc5cc43)c2)cc1. The van der Waals surface area contributed by atoms with Crippen LogP contribution in [0.15, 0.2) is 188 Å². The number of hydrogen-bond acceptors (Lipinski definition) is 2. The molecular formula is C47H31NO. The summed E-state index contributed by atoms with van der Waals surface area (Å²) in [4.78, 5) is 2.36. The molecule has 8 aromatic rings. The molecule has 10 rings (SSSR count). The Balaban J connectivity index is 1.26. The average Bonchev–Trinajstić information content (AvgIpc) is 3.45. The van der Waals surface area contributed by atoms with Crippen molar-refractivity contribution in [3.05, 3.63) is 210 Å². The number of hydrogen-bond donors (Lipinski definition) is 0. The number of benzene rings is 8. The van der Waals surface area contributed by atoms with Gasteiger partial charge in [-0.2, -0.15) is 0 Å². The van der Waals surface area contributed by atoms with Crippen LogP contribution in [0.4, 0.5) is 17.1 Å². The first kappa shape index (κ1) is 27.7. The molecule has 1 spiro atoms. The van der Waals surface area contributed by atoms with E-state index in [4.69, 9.17) is 4.74 Å². The van der Waals surface area contributed by atoms with Crippen molar-refractivity contribution in [2.45, 2.75) is 5.41 Å². The van der Waals surface area contributed by atoms with Gasteiger partial charge in [0.05, 0.1) is 5.41 Å². The Morgan fingerprint density at radius 3 is 1.80 bits per heavy atom. The monoisotopic (exact) mass is 625 g/mol. The minimum Gasteiger partial charge on any atom is -0.457 e. The van der Waals surface area contributed by atoms with Gasteiger partial charge in [-0.25, -0.2) is 0 Å². The first-order valence-corrected chi connectivity index (χ1v) is 16.8. The highest BCUT2D eigenvalue weighted by atomic mass is 16.5. The zero-order valence-corrected chi connectivity index (χ0v) is 26.8. The van der Waals surface area contributed by atoms with E-state index < -0.39 is 5.41 Å². The van der Waals surface area contributed by atoms with E-state index in [-0.39, 0.29) is 0 Å². The van der Waals surface area contributed by atoms with Crippen molar-refractivity contribution in [1.29, 1.82) is 0 Å². The maximum Gasteiger partial charge on any atom is 0.132 e. The third-order valence-corrected chi connectivity index (χ3v) is 10.3. The zero-order chi connectivity index (χ0) is 32.4. The molecule has 1 unspecified atom stereocenters. The lowest BCUT2D eigenvalue weighted by molar-refractivity contribution is 0.436. The zero-order valence-electron chi connectivity index (χ0n) is 26.8. The smallest absolute Gasteiger partial charge is 0.132 e. The van der Waals surface area contributed by atoms with Crippen LogP contribution in [0.1, 0.15) is 22.3 Å². The number of ether oxygens (including phenoxy) is 1. The molecule has 0 saturated heterocycles. The van der Waals surface area contributed by atoms with Crippen LogP contribution in [0.3, 0.4) is 0 Å². The van der Waals surface area contributed by atoms with Gasteiger partial charge < -0.3 is 9.64 Å². The van der Waals surface area contributed by atoms with Gasteiger partial charge in [-0.15, -0.1) is 0 Å². The molecule has 0 aromatic heterocycles.